The number of hydrogen-bond donors (Lipinski definition) is 1. The number of ether oxygens (including phenoxy) is 1. The van der Waals surface area contributed by atoms with E-state index in [2.05, 4.69) is 4.99 Å². The predicted molar refractivity (Wildman–Crippen MR) is 64.6 cm³/mol. The summed E-state index contributed by atoms with van der Waals surface area (Å²) in [5.41, 5.74) is 1.05. The minimum Gasteiger partial charge on any atom is -0.481 e. The molecule has 90 valence electrons. The summed E-state index contributed by atoms with van der Waals surface area (Å²) >= 11 is 5.78. The Labute approximate surface area is 104 Å². The smallest absolute Gasteiger partial charge is 0.307 e. The van der Waals surface area contributed by atoms with E-state index in [0.29, 0.717) is 23.9 Å². The first kappa shape index (κ1) is 11.9. The van der Waals surface area contributed by atoms with E-state index >= 15 is 0 Å². The van der Waals surface area contributed by atoms with Crippen LogP contribution in [0.3, 0.4) is 0 Å². The molecule has 1 atom stereocenters. The SMILES string of the molecule is O=C(O)CC1CN=C(Cc2ccc(Cl)cc2)O1. The van der Waals surface area contributed by atoms with E-state index in [-0.39, 0.29) is 12.5 Å². The van der Waals surface area contributed by atoms with Crippen LogP contribution in [-0.2, 0) is 16.0 Å². The lowest BCUT2D eigenvalue weighted by Crippen LogP contribution is -2.18. The van der Waals surface area contributed by atoms with E-state index in [0.717, 1.165) is 5.56 Å². The predicted octanol–water partition coefficient (Wildman–Crippen LogP) is 2.15. The molecule has 0 aliphatic carbocycles. The number of hydrogen-bond acceptors (Lipinski definition) is 3. The van der Waals surface area contributed by atoms with E-state index in [1.54, 1.807) is 12.1 Å². The summed E-state index contributed by atoms with van der Waals surface area (Å²) in [6.07, 6.45) is 0.246. The van der Waals surface area contributed by atoms with Gasteiger partial charge in [-0.05, 0) is 17.7 Å². The number of carboxylic acids is 1. The molecule has 1 N–H and O–H groups in total. The zero-order chi connectivity index (χ0) is 12.3. The third kappa shape index (κ3) is 3.46. The van der Waals surface area contributed by atoms with Gasteiger partial charge in [0.05, 0.1) is 13.0 Å². The Kier molecular flexibility index (Phi) is 3.64. The molecule has 0 aromatic heterocycles. The van der Waals surface area contributed by atoms with Gasteiger partial charge in [-0.25, -0.2) is 0 Å². The molecule has 1 aromatic rings. The van der Waals surface area contributed by atoms with Crippen molar-refractivity contribution in [1.29, 1.82) is 0 Å². The topological polar surface area (TPSA) is 58.9 Å². The highest BCUT2D eigenvalue weighted by molar-refractivity contribution is 6.30. The van der Waals surface area contributed by atoms with Gasteiger partial charge in [0.2, 0.25) is 0 Å². The number of rotatable bonds is 4. The highest BCUT2D eigenvalue weighted by atomic mass is 35.5. The van der Waals surface area contributed by atoms with Gasteiger partial charge in [-0.15, -0.1) is 0 Å². The Morgan fingerprint density at radius 1 is 1.47 bits per heavy atom. The quantitative estimate of drug-likeness (QED) is 0.895. The van der Waals surface area contributed by atoms with Gasteiger partial charge < -0.3 is 9.84 Å². The Bertz CT molecular complexity index is 442. The van der Waals surface area contributed by atoms with Crippen molar-refractivity contribution in [1.82, 2.24) is 0 Å². The van der Waals surface area contributed by atoms with Crippen LogP contribution in [0.2, 0.25) is 5.02 Å². The minimum absolute atomic E-state index is 0.00633. The van der Waals surface area contributed by atoms with Gasteiger partial charge in [0, 0.05) is 11.4 Å². The van der Waals surface area contributed by atoms with Gasteiger partial charge in [-0.3, -0.25) is 9.79 Å². The second-order valence-corrected chi connectivity index (χ2v) is 4.31. The first-order valence-corrected chi connectivity index (χ1v) is 5.67. The number of nitrogens with zero attached hydrogens (tertiary/aromatic N) is 1. The first-order valence-electron chi connectivity index (χ1n) is 5.29. The van der Waals surface area contributed by atoms with Crippen molar-refractivity contribution in [2.24, 2.45) is 4.99 Å². The van der Waals surface area contributed by atoms with Crippen LogP contribution in [0.15, 0.2) is 29.3 Å². The summed E-state index contributed by atoms with van der Waals surface area (Å²) in [6, 6.07) is 7.42. The molecular weight excluding hydrogens is 242 g/mol. The Hall–Kier alpha value is -1.55. The molecule has 1 aromatic carbocycles. The summed E-state index contributed by atoms with van der Waals surface area (Å²) in [4.78, 5) is 14.7. The summed E-state index contributed by atoms with van der Waals surface area (Å²) < 4.78 is 5.44. The van der Waals surface area contributed by atoms with Crippen molar-refractivity contribution in [3.05, 3.63) is 34.9 Å². The van der Waals surface area contributed by atoms with Gasteiger partial charge in [-0.2, -0.15) is 0 Å². The normalized spacial score (nSPS) is 18.6. The number of carboxylic acid groups (broad SMARTS) is 1. The first-order chi connectivity index (χ1) is 8.13. The maximum Gasteiger partial charge on any atom is 0.307 e. The number of aliphatic carboxylic acids is 1. The second kappa shape index (κ2) is 5.19. The number of halogens is 1. The zero-order valence-electron chi connectivity index (χ0n) is 9.10. The average molecular weight is 254 g/mol. The summed E-state index contributed by atoms with van der Waals surface area (Å²) in [7, 11) is 0. The molecule has 17 heavy (non-hydrogen) atoms. The van der Waals surface area contributed by atoms with Crippen molar-refractivity contribution in [2.45, 2.75) is 18.9 Å². The Balaban J connectivity index is 1.89. The van der Waals surface area contributed by atoms with Crippen LogP contribution < -0.4 is 0 Å². The third-order valence-corrected chi connectivity index (χ3v) is 2.70. The van der Waals surface area contributed by atoms with E-state index in [9.17, 15) is 4.79 Å². The van der Waals surface area contributed by atoms with Gasteiger partial charge in [-0.1, -0.05) is 23.7 Å². The van der Waals surface area contributed by atoms with Gasteiger partial charge in [0.15, 0.2) is 5.90 Å². The molecule has 1 aliphatic rings. The molecule has 1 heterocycles. The lowest BCUT2D eigenvalue weighted by Gasteiger charge is -2.08. The van der Waals surface area contributed by atoms with Crippen LogP contribution in [-0.4, -0.2) is 29.6 Å². The summed E-state index contributed by atoms with van der Waals surface area (Å²) in [5, 5.41) is 9.32. The van der Waals surface area contributed by atoms with Gasteiger partial charge >= 0.3 is 5.97 Å². The molecule has 0 bridgehead atoms. The van der Waals surface area contributed by atoms with E-state index < -0.39 is 5.97 Å². The Morgan fingerprint density at radius 3 is 2.82 bits per heavy atom. The fourth-order valence-electron chi connectivity index (χ4n) is 1.65. The monoisotopic (exact) mass is 253 g/mol. The standard InChI is InChI=1S/C12H12ClNO3/c13-9-3-1-8(2-4-9)5-11-14-7-10(17-11)6-12(15)16/h1-4,10H,5-7H2,(H,15,16). The zero-order valence-corrected chi connectivity index (χ0v) is 9.85. The minimum atomic E-state index is -0.863. The molecule has 2 rings (SSSR count). The number of aliphatic imine (C=N–C) groups is 1. The molecule has 1 aliphatic heterocycles. The molecule has 4 nitrogen and oxygen atoms in total. The summed E-state index contributed by atoms with van der Waals surface area (Å²) in [6.45, 7) is 0.426. The number of benzene rings is 1. The van der Waals surface area contributed by atoms with Gasteiger partial charge in [0.25, 0.3) is 0 Å². The average Bonchev–Trinajstić information content (AvgIpc) is 2.68. The molecule has 0 amide bonds. The molecule has 5 heteroatoms. The molecule has 0 fully saturated rings. The fourth-order valence-corrected chi connectivity index (χ4v) is 1.77. The molecule has 0 radical (unpaired) electrons. The van der Waals surface area contributed by atoms with Crippen molar-refractivity contribution in [3.8, 4) is 0 Å². The maximum atomic E-state index is 10.5. The molecule has 1 unspecified atom stereocenters. The van der Waals surface area contributed by atoms with Crippen LogP contribution in [0, 0.1) is 0 Å². The maximum absolute atomic E-state index is 10.5. The Morgan fingerprint density at radius 2 is 2.18 bits per heavy atom. The van der Waals surface area contributed by atoms with Gasteiger partial charge in [0.1, 0.15) is 6.10 Å². The molecule has 0 spiro atoms. The number of carbonyl (C=O) groups is 1. The van der Waals surface area contributed by atoms with Crippen molar-refractivity contribution < 1.29 is 14.6 Å². The van der Waals surface area contributed by atoms with Crippen LogP contribution >= 0.6 is 11.6 Å². The van der Waals surface area contributed by atoms with Crippen LogP contribution in [0.5, 0.6) is 0 Å². The lowest BCUT2D eigenvalue weighted by atomic mass is 10.1. The highest BCUT2D eigenvalue weighted by Crippen LogP contribution is 2.14. The third-order valence-electron chi connectivity index (χ3n) is 2.44. The summed E-state index contributed by atoms with van der Waals surface area (Å²) in [5.74, 6) is -0.267. The lowest BCUT2D eigenvalue weighted by molar-refractivity contribution is -0.138. The fraction of sp³-hybridized carbons (Fsp3) is 0.333. The van der Waals surface area contributed by atoms with Crippen molar-refractivity contribution in [3.63, 3.8) is 0 Å². The van der Waals surface area contributed by atoms with Crippen molar-refractivity contribution in [2.75, 3.05) is 6.54 Å². The van der Waals surface area contributed by atoms with E-state index in [1.165, 1.54) is 0 Å². The molecular formula is C12H12ClNO3. The highest BCUT2D eigenvalue weighted by Gasteiger charge is 2.22. The second-order valence-electron chi connectivity index (χ2n) is 3.88. The van der Waals surface area contributed by atoms with E-state index in [1.807, 2.05) is 12.1 Å². The van der Waals surface area contributed by atoms with Crippen LogP contribution in [0.25, 0.3) is 0 Å². The van der Waals surface area contributed by atoms with Crippen molar-refractivity contribution >= 4 is 23.5 Å². The van der Waals surface area contributed by atoms with Crippen LogP contribution in [0.4, 0.5) is 0 Å². The largest absolute Gasteiger partial charge is 0.481 e. The van der Waals surface area contributed by atoms with E-state index in [4.69, 9.17) is 21.4 Å². The molecule has 0 saturated carbocycles. The molecule has 0 saturated heterocycles. The van der Waals surface area contributed by atoms with Crippen LogP contribution in [0.1, 0.15) is 12.0 Å².